The lowest BCUT2D eigenvalue weighted by Gasteiger charge is -2.29. The van der Waals surface area contributed by atoms with E-state index in [4.69, 9.17) is 0 Å². The van der Waals surface area contributed by atoms with Crippen molar-refractivity contribution in [3.05, 3.63) is 148 Å². The van der Waals surface area contributed by atoms with Crippen LogP contribution in [0.1, 0.15) is 92.7 Å². The molecular weight excluding hydrogens is 504 g/mol. The molecule has 0 nitrogen and oxygen atoms in total. The lowest BCUT2D eigenvalue weighted by atomic mass is 9.76. The van der Waals surface area contributed by atoms with Crippen LogP contribution < -0.4 is 0 Å². The molecule has 2 unspecified atom stereocenters. The van der Waals surface area contributed by atoms with Gasteiger partial charge in [0, 0.05) is 11.8 Å². The van der Waals surface area contributed by atoms with Gasteiger partial charge >= 0.3 is 0 Å². The van der Waals surface area contributed by atoms with E-state index in [1.807, 2.05) is 0 Å². The normalized spacial score (nSPS) is 24.8. The third-order valence-corrected chi connectivity index (χ3v) is 10.1. The Hall–Kier alpha value is -3.38. The quantitative estimate of drug-likeness (QED) is 0.320. The maximum absolute atomic E-state index is 4.59. The minimum Gasteiger partial charge on any atom is -0.0949 e. The number of allylic oxidation sites excluding steroid dienone is 13. The first kappa shape index (κ1) is 28.7. The summed E-state index contributed by atoms with van der Waals surface area (Å²) in [6, 6.07) is 14.2. The van der Waals surface area contributed by atoms with E-state index in [0.29, 0.717) is 11.8 Å². The van der Waals surface area contributed by atoms with E-state index >= 15 is 0 Å². The summed E-state index contributed by atoms with van der Waals surface area (Å²) < 4.78 is 0. The minimum absolute atomic E-state index is 0.138. The molecule has 0 saturated heterocycles. The average Bonchev–Trinajstić information content (AvgIpc) is 3.62. The molecule has 2 aromatic carbocycles. The zero-order valence-corrected chi connectivity index (χ0v) is 26.4. The van der Waals surface area contributed by atoms with Crippen LogP contribution in [-0.2, 0) is 18.3 Å². The van der Waals surface area contributed by atoms with E-state index in [-0.39, 0.29) is 5.41 Å². The Balaban J connectivity index is 1.18. The summed E-state index contributed by atoms with van der Waals surface area (Å²) in [5, 5.41) is 0. The van der Waals surface area contributed by atoms with Crippen LogP contribution in [0.3, 0.4) is 0 Å². The van der Waals surface area contributed by atoms with Crippen molar-refractivity contribution in [2.75, 3.05) is 0 Å². The van der Waals surface area contributed by atoms with Gasteiger partial charge in [0.25, 0.3) is 0 Å². The van der Waals surface area contributed by atoms with E-state index in [2.05, 4.69) is 132 Å². The second-order valence-electron chi connectivity index (χ2n) is 14.4. The summed E-state index contributed by atoms with van der Waals surface area (Å²) in [5.74, 6) is 2.44. The molecule has 0 radical (unpaired) electrons. The number of benzene rings is 2. The highest BCUT2D eigenvalue weighted by molar-refractivity contribution is 5.68. The first-order valence-electron chi connectivity index (χ1n) is 16.2. The van der Waals surface area contributed by atoms with Gasteiger partial charge in [-0.1, -0.05) is 138 Å². The standard InChI is InChI=1S/C42H48/c1-28-11-14-31(15-12-28)24-37-18-16-32(25-41(37)42(4,5)6)23-30(3)34-17-13-29(2)40(27-34)36-20-19-35(26-36)39-22-21-33-9-7-8-10-38(33)39/h7-10,13,16-22,25-28,31,36,38H,3,11-12,14-15,23-24H2,1-2,4-6H3. The van der Waals surface area contributed by atoms with Crippen LogP contribution in [0, 0.1) is 24.7 Å². The van der Waals surface area contributed by atoms with Crippen molar-refractivity contribution in [3.63, 3.8) is 0 Å². The monoisotopic (exact) mass is 552 g/mol. The first-order chi connectivity index (χ1) is 20.2. The third kappa shape index (κ3) is 6.05. The van der Waals surface area contributed by atoms with E-state index in [9.17, 15) is 0 Å². The van der Waals surface area contributed by atoms with E-state index in [1.165, 1.54) is 82.2 Å². The van der Waals surface area contributed by atoms with Crippen molar-refractivity contribution in [3.8, 4) is 0 Å². The van der Waals surface area contributed by atoms with Crippen LogP contribution in [0.25, 0.3) is 5.57 Å². The van der Waals surface area contributed by atoms with Gasteiger partial charge in [0.15, 0.2) is 0 Å². The average molecular weight is 553 g/mol. The van der Waals surface area contributed by atoms with Gasteiger partial charge in [-0.05, 0) is 106 Å². The molecule has 4 aliphatic rings. The van der Waals surface area contributed by atoms with Crippen molar-refractivity contribution in [1.82, 2.24) is 0 Å². The molecule has 216 valence electrons. The Labute approximate surface area is 255 Å². The van der Waals surface area contributed by atoms with Crippen molar-refractivity contribution in [2.24, 2.45) is 17.8 Å². The van der Waals surface area contributed by atoms with Crippen LogP contribution in [0.2, 0.25) is 0 Å². The highest BCUT2D eigenvalue weighted by Gasteiger charge is 2.26. The van der Waals surface area contributed by atoms with Crippen LogP contribution in [0.15, 0.2) is 114 Å². The molecule has 0 amide bonds. The predicted octanol–water partition coefficient (Wildman–Crippen LogP) is 11.1. The van der Waals surface area contributed by atoms with Gasteiger partial charge in [0.2, 0.25) is 0 Å². The number of rotatable bonds is 7. The zero-order chi connectivity index (χ0) is 29.4. The summed E-state index contributed by atoms with van der Waals surface area (Å²) in [4.78, 5) is 0. The molecule has 6 rings (SSSR count). The van der Waals surface area contributed by atoms with E-state index in [1.54, 1.807) is 5.56 Å². The Morgan fingerprint density at radius 1 is 0.905 bits per heavy atom. The Morgan fingerprint density at radius 2 is 1.71 bits per heavy atom. The summed E-state index contributed by atoms with van der Waals surface area (Å²) in [5.41, 5.74) is 13.9. The molecule has 2 aromatic rings. The summed E-state index contributed by atoms with van der Waals surface area (Å²) in [6.45, 7) is 16.4. The van der Waals surface area contributed by atoms with Crippen LogP contribution in [0.4, 0.5) is 0 Å². The molecule has 1 saturated carbocycles. The molecule has 42 heavy (non-hydrogen) atoms. The van der Waals surface area contributed by atoms with Gasteiger partial charge in [0.1, 0.15) is 0 Å². The first-order valence-corrected chi connectivity index (χ1v) is 16.2. The van der Waals surface area contributed by atoms with Gasteiger partial charge in [-0.25, -0.2) is 0 Å². The lowest BCUT2D eigenvalue weighted by molar-refractivity contribution is 0.288. The Morgan fingerprint density at radius 3 is 2.50 bits per heavy atom. The Kier molecular flexibility index (Phi) is 8.01. The number of hydrogen-bond donors (Lipinski definition) is 0. The minimum atomic E-state index is 0.138. The molecule has 0 N–H and O–H groups in total. The van der Waals surface area contributed by atoms with Gasteiger partial charge in [-0.15, -0.1) is 0 Å². The van der Waals surface area contributed by atoms with Crippen molar-refractivity contribution < 1.29 is 0 Å². The fourth-order valence-electron chi connectivity index (χ4n) is 7.48. The zero-order valence-electron chi connectivity index (χ0n) is 26.4. The van der Waals surface area contributed by atoms with Crippen LogP contribution in [0.5, 0.6) is 0 Å². The van der Waals surface area contributed by atoms with Gasteiger partial charge < -0.3 is 0 Å². The molecule has 0 aliphatic heterocycles. The second kappa shape index (κ2) is 11.7. The maximum atomic E-state index is 4.59. The molecule has 0 heterocycles. The molecular formula is C42H48. The Bertz CT molecular complexity index is 1550. The molecule has 0 heteroatoms. The van der Waals surface area contributed by atoms with Gasteiger partial charge in [-0.2, -0.15) is 0 Å². The molecule has 0 spiro atoms. The highest BCUT2D eigenvalue weighted by Crippen LogP contribution is 2.41. The number of fused-ring (bicyclic) bond motifs is 1. The largest absolute Gasteiger partial charge is 0.0949 e. The summed E-state index contributed by atoms with van der Waals surface area (Å²) >= 11 is 0. The summed E-state index contributed by atoms with van der Waals surface area (Å²) in [6.07, 6.45) is 28.2. The third-order valence-electron chi connectivity index (χ3n) is 10.1. The van der Waals surface area contributed by atoms with Crippen molar-refractivity contribution >= 4 is 5.57 Å². The number of hydrogen-bond acceptors (Lipinski definition) is 0. The highest BCUT2D eigenvalue weighted by atomic mass is 14.3. The van der Waals surface area contributed by atoms with Crippen LogP contribution >= 0.6 is 0 Å². The predicted molar refractivity (Wildman–Crippen MR) is 182 cm³/mol. The maximum Gasteiger partial charge on any atom is 0.0278 e. The fraction of sp³-hybridized carbons (Fsp3) is 0.381. The molecule has 2 atom stereocenters. The van der Waals surface area contributed by atoms with E-state index < -0.39 is 0 Å². The second-order valence-corrected chi connectivity index (χ2v) is 14.4. The van der Waals surface area contributed by atoms with Crippen molar-refractivity contribution in [2.45, 2.75) is 84.5 Å². The smallest absolute Gasteiger partial charge is 0.0278 e. The SMILES string of the molecule is C=C(Cc1ccc(CC2CCC(C)CC2)c(C(C)(C)C)c1)c1ccc(C)c(C2C=CC(C3=CC=C4C=CC=CC43)=C2)c1. The number of aryl methyl sites for hydroxylation is 1. The van der Waals surface area contributed by atoms with Gasteiger partial charge in [0.05, 0.1) is 0 Å². The van der Waals surface area contributed by atoms with Crippen LogP contribution in [-0.4, -0.2) is 0 Å². The van der Waals surface area contributed by atoms with E-state index in [0.717, 1.165) is 18.3 Å². The summed E-state index contributed by atoms with van der Waals surface area (Å²) in [7, 11) is 0. The molecule has 1 fully saturated rings. The topological polar surface area (TPSA) is 0 Å². The fourth-order valence-corrected chi connectivity index (χ4v) is 7.48. The van der Waals surface area contributed by atoms with Crippen molar-refractivity contribution in [1.29, 1.82) is 0 Å². The lowest BCUT2D eigenvalue weighted by Crippen LogP contribution is -2.19. The van der Waals surface area contributed by atoms with Gasteiger partial charge in [-0.3, -0.25) is 0 Å². The molecule has 0 bridgehead atoms. The molecule has 0 aromatic heterocycles. The molecule has 4 aliphatic carbocycles.